The van der Waals surface area contributed by atoms with E-state index in [0.717, 1.165) is 32.1 Å². The third-order valence-corrected chi connectivity index (χ3v) is 21.2. The second-order valence-corrected chi connectivity index (χ2v) is 26.2. The van der Waals surface area contributed by atoms with E-state index in [0.29, 0.717) is 38.0 Å². The molecule has 77 heavy (non-hydrogen) atoms. The molecule has 4 saturated heterocycles. The van der Waals surface area contributed by atoms with Crippen LogP contribution in [0.1, 0.15) is 120 Å². The fraction of sp³-hybridized carbons (Fsp3) is 1.00. The van der Waals surface area contributed by atoms with E-state index >= 15 is 0 Å². The van der Waals surface area contributed by atoms with Crippen molar-refractivity contribution in [3.8, 4) is 0 Å². The van der Waals surface area contributed by atoms with Crippen LogP contribution in [0, 0.1) is 51.2 Å². The third-order valence-electron chi connectivity index (χ3n) is 21.2. The lowest BCUT2D eigenvalue weighted by atomic mass is 9.35. The van der Waals surface area contributed by atoms with E-state index in [1.165, 1.54) is 0 Å². The molecule has 0 bridgehead atoms. The first-order chi connectivity index (χ1) is 36.0. The van der Waals surface area contributed by atoms with Crippen LogP contribution in [0.3, 0.4) is 0 Å². The largest absolute Gasteiger partial charge is 0.394 e. The highest BCUT2D eigenvalue weighted by Gasteiger charge is 2.72. The molecule has 0 radical (unpaired) electrons. The molecule has 8 fully saturated rings. The van der Waals surface area contributed by atoms with Gasteiger partial charge in [-0.1, -0.05) is 61.3 Å². The molecule has 4 heterocycles. The fourth-order valence-corrected chi connectivity index (χ4v) is 16.5. The summed E-state index contributed by atoms with van der Waals surface area (Å²) in [5.74, 6) is -0.0435. The Bertz CT molecular complexity index is 1930. The lowest BCUT2D eigenvalue weighted by Crippen LogP contribution is -2.68. The van der Waals surface area contributed by atoms with Crippen LogP contribution in [0.15, 0.2) is 0 Å². The summed E-state index contributed by atoms with van der Waals surface area (Å²) < 4.78 is 49.0. The monoisotopic (exact) mass is 1110 g/mol. The molecule has 0 aromatic heterocycles. The Kier molecular flexibility index (Phi) is 19.1. The van der Waals surface area contributed by atoms with Crippen molar-refractivity contribution in [2.45, 2.75) is 260 Å². The Morgan fingerprint density at radius 2 is 1.04 bits per heavy atom. The summed E-state index contributed by atoms with van der Waals surface area (Å²) in [6, 6.07) is 0. The highest BCUT2D eigenvalue weighted by Crippen LogP contribution is 2.76. The molecule has 15 N–H and O–H groups in total. The zero-order valence-electron chi connectivity index (χ0n) is 46.0. The minimum absolute atomic E-state index is 0.0444. The van der Waals surface area contributed by atoms with Gasteiger partial charge in [-0.25, -0.2) is 0 Å². The van der Waals surface area contributed by atoms with Crippen molar-refractivity contribution < 1.29 is 114 Å². The molecule has 28 unspecified atom stereocenters. The van der Waals surface area contributed by atoms with Crippen molar-refractivity contribution in [3.63, 3.8) is 0 Å². The van der Waals surface area contributed by atoms with Crippen LogP contribution in [0.4, 0.5) is 0 Å². The van der Waals surface area contributed by atoms with E-state index in [1.807, 2.05) is 6.92 Å². The molecule has 8 rings (SSSR count). The van der Waals surface area contributed by atoms with Gasteiger partial charge in [-0.05, 0) is 110 Å². The van der Waals surface area contributed by atoms with Crippen LogP contribution in [0.2, 0.25) is 0 Å². The molecule has 30 atom stereocenters. The normalized spacial score (nSPS) is 52.8. The van der Waals surface area contributed by atoms with E-state index < -0.39 is 178 Å². The van der Waals surface area contributed by atoms with Gasteiger partial charge in [0.1, 0.15) is 97.7 Å². The third kappa shape index (κ3) is 11.0. The van der Waals surface area contributed by atoms with Gasteiger partial charge in [0.05, 0.1) is 44.2 Å². The van der Waals surface area contributed by atoms with Gasteiger partial charge in [-0.3, -0.25) is 0 Å². The molecule has 4 aliphatic heterocycles. The van der Waals surface area contributed by atoms with Crippen LogP contribution in [-0.4, -0.2) is 244 Å². The second kappa shape index (κ2) is 23.6. The first kappa shape index (κ1) is 62.1. The summed E-state index contributed by atoms with van der Waals surface area (Å²) in [6.45, 7) is 14.9. The molecule has 0 amide bonds. The zero-order chi connectivity index (χ0) is 56.6. The van der Waals surface area contributed by atoms with Crippen LogP contribution >= 0.6 is 0 Å². The predicted molar refractivity (Wildman–Crippen MR) is 266 cm³/mol. The minimum Gasteiger partial charge on any atom is -0.394 e. The van der Waals surface area contributed by atoms with Gasteiger partial charge in [0.15, 0.2) is 25.2 Å². The number of aliphatic hydroxyl groups is 15. The van der Waals surface area contributed by atoms with Gasteiger partial charge in [0, 0.05) is 0 Å². The Balaban J connectivity index is 1.01. The minimum atomic E-state index is -1.82. The van der Waals surface area contributed by atoms with Gasteiger partial charge in [-0.2, -0.15) is 0 Å². The van der Waals surface area contributed by atoms with Crippen molar-refractivity contribution in [2.75, 3.05) is 26.4 Å². The quantitative estimate of drug-likeness (QED) is 0.0692. The summed E-state index contributed by atoms with van der Waals surface area (Å²) in [5, 5.41) is 162. The molecule has 448 valence electrons. The Hall–Kier alpha value is -0.920. The van der Waals surface area contributed by atoms with Gasteiger partial charge in [-0.15, -0.1) is 0 Å². The Morgan fingerprint density at radius 3 is 1.62 bits per heavy atom. The molecule has 4 aliphatic carbocycles. The first-order valence-electron chi connectivity index (χ1n) is 28.3. The summed E-state index contributed by atoms with van der Waals surface area (Å²) in [4.78, 5) is 0. The van der Waals surface area contributed by atoms with Crippen molar-refractivity contribution in [1.82, 2.24) is 0 Å². The summed E-state index contributed by atoms with van der Waals surface area (Å²) >= 11 is 0. The molecule has 4 saturated carbocycles. The average Bonchev–Trinajstić information content (AvgIpc) is 3.96. The predicted octanol–water partition coefficient (Wildman–Crippen LogP) is -2.12. The number of ether oxygens (including phenoxy) is 8. The van der Waals surface area contributed by atoms with E-state index in [2.05, 4.69) is 48.5 Å². The number of fused-ring (bicyclic) bond motifs is 5. The van der Waals surface area contributed by atoms with Crippen molar-refractivity contribution in [1.29, 1.82) is 0 Å². The van der Waals surface area contributed by atoms with Crippen molar-refractivity contribution in [2.24, 2.45) is 51.2 Å². The molecule has 23 nitrogen and oxygen atoms in total. The van der Waals surface area contributed by atoms with Gasteiger partial charge >= 0.3 is 0 Å². The molecular formula is C54H94O23. The molecular weight excluding hydrogens is 1020 g/mol. The standard InChI is InChI=1S/C54H94O23/c1-23(2)10-9-14-54(8,77-48-44(69)40(65)37(62)29(74-48)22-70-46-42(67)38(63)34(59)26(19-55)71-46)24-11-16-53(7)33(24)25(58)18-31-51(5)15-13-32(50(3,4)30(51)12-17-52(31,53)6)75-49-45(41(66)36(61)28(21-57)73-49)76-47-43(68)39(64)35(60)27(20-56)72-47/h23-49,55-69H,9-22H2,1-8H3/t24?,25?,26?,27?,28?,29?,30?,31?,32?,33?,34?,35?,36?,37?,38?,39?,40?,41?,42?,43?,44?,45?,46?,47?,48?,49?,51?,52?,53-,54+/m1/s1. The first-order valence-corrected chi connectivity index (χ1v) is 28.3. The number of aliphatic hydroxyl groups excluding tert-OH is 15. The zero-order valence-corrected chi connectivity index (χ0v) is 46.0. The van der Waals surface area contributed by atoms with Crippen LogP contribution in [0.25, 0.3) is 0 Å². The van der Waals surface area contributed by atoms with E-state index in [4.69, 9.17) is 37.9 Å². The van der Waals surface area contributed by atoms with E-state index in [1.54, 1.807) is 0 Å². The fourth-order valence-electron chi connectivity index (χ4n) is 16.5. The highest BCUT2D eigenvalue weighted by molar-refractivity contribution is 5.20. The second-order valence-electron chi connectivity index (χ2n) is 26.2. The summed E-state index contributed by atoms with van der Waals surface area (Å²) in [7, 11) is 0. The smallest absolute Gasteiger partial charge is 0.187 e. The molecule has 0 aromatic rings. The van der Waals surface area contributed by atoms with Gasteiger partial charge < -0.3 is 114 Å². The SMILES string of the molecule is CC(C)CCC[C@](C)(OC1OC(COC2OC(CO)C(O)C(O)C2O)C(O)C(O)C1O)C1CC[C@]2(C)C1C(O)CC1C3(C)CCC(OC4OC(CO)C(O)C(O)C4OC4OC(CO)C(O)C(O)C4O)C(C)(C)C3CCC12C. The van der Waals surface area contributed by atoms with Gasteiger partial charge in [0.25, 0.3) is 0 Å². The van der Waals surface area contributed by atoms with E-state index in [-0.39, 0.29) is 34.5 Å². The topological polar surface area (TPSA) is 377 Å². The van der Waals surface area contributed by atoms with Crippen LogP contribution in [-0.2, 0) is 37.9 Å². The lowest BCUT2D eigenvalue weighted by molar-refractivity contribution is -0.378. The highest BCUT2D eigenvalue weighted by atomic mass is 16.8. The maximum Gasteiger partial charge on any atom is 0.187 e. The van der Waals surface area contributed by atoms with Crippen LogP contribution in [0.5, 0.6) is 0 Å². The summed E-state index contributed by atoms with van der Waals surface area (Å²) in [6.07, 6.45) is -25.9. The Morgan fingerprint density at radius 1 is 0.532 bits per heavy atom. The maximum atomic E-state index is 12.9. The summed E-state index contributed by atoms with van der Waals surface area (Å²) in [5.41, 5.74) is -2.59. The molecule has 8 aliphatic rings. The number of rotatable bonds is 17. The van der Waals surface area contributed by atoms with Crippen LogP contribution < -0.4 is 0 Å². The van der Waals surface area contributed by atoms with Gasteiger partial charge in [0.2, 0.25) is 0 Å². The lowest BCUT2D eigenvalue weighted by Gasteiger charge is -2.71. The van der Waals surface area contributed by atoms with E-state index in [9.17, 15) is 76.6 Å². The van der Waals surface area contributed by atoms with Crippen molar-refractivity contribution >= 4 is 0 Å². The maximum absolute atomic E-state index is 12.9. The molecule has 23 heteroatoms. The Labute approximate surface area is 451 Å². The molecule has 0 spiro atoms. The number of hydrogen-bond donors (Lipinski definition) is 15. The average molecular weight is 1110 g/mol. The van der Waals surface area contributed by atoms with Crippen molar-refractivity contribution in [3.05, 3.63) is 0 Å². The molecule has 0 aromatic carbocycles. The number of hydrogen-bond acceptors (Lipinski definition) is 23.